The molecule has 0 unspecified atom stereocenters. The minimum atomic E-state index is -4.91. The summed E-state index contributed by atoms with van der Waals surface area (Å²) >= 11 is -4.91. The number of hydrogen-bond acceptors (Lipinski definition) is 4. The van der Waals surface area contributed by atoms with Crippen molar-refractivity contribution in [3.05, 3.63) is 78.0 Å². The molecule has 0 spiro atoms. The van der Waals surface area contributed by atoms with Crippen LogP contribution in [0.3, 0.4) is 0 Å². The number of rotatable bonds is 8. The summed E-state index contributed by atoms with van der Waals surface area (Å²) in [6, 6.07) is 0. The normalized spacial score (nSPS) is 17.9. The molecule has 6 rings (SSSR count). The summed E-state index contributed by atoms with van der Waals surface area (Å²) in [5.41, 5.74) is 15.3. The fourth-order valence-corrected chi connectivity index (χ4v) is 12.2. The standard InChI is InChI=1S/C36H46AsN4O2.ClH/c1-9-21-22(10-2)30-18-34-27(15-7)28(16-8)36-20-32-24(12-4)23(11-3)31(39-32)19-35-26(14-6)25(13-5)33(17-29(21)38-30)40(35)37(42,43)41(34)36;/h17-20,42-43H,9-16H2,1-8H3;1H/q+1;/p-1. The summed E-state index contributed by atoms with van der Waals surface area (Å²) in [7, 11) is 0. The molecule has 234 valence electrons. The van der Waals surface area contributed by atoms with Crippen molar-refractivity contribution < 1.29 is 20.6 Å². The molecule has 0 fully saturated rings. The van der Waals surface area contributed by atoms with Gasteiger partial charge < -0.3 is 12.4 Å². The Labute approximate surface area is 271 Å². The van der Waals surface area contributed by atoms with E-state index < -0.39 is 14.7 Å². The Kier molecular flexibility index (Phi) is 9.14. The van der Waals surface area contributed by atoms with Gasteiger partial charge in [-0.1, -0.05) is 0 Å². The summed E-state index contributed by atoms with van der Waals surface area (Å²) in [4.78, 5) is 10.6. The van der Waals surface area contributed by atoms with E-state index in [1.807, 2.05) is 6.97 Å². The molecular weight excluding hydrogens is 631 g/mol. The van der Waals surface area contributed by atoms with E-state index in [9.17, 15) is 8.19 Å². The Balaban J connectivity index is 0.00000384. The number of halogens is 1. The van der Waals surface area contributed by atoms with Crippen molar-refractivity contribution in [2.24, 2.45) is 9.98 Å². The van der Waals surface area contributed by atoms with Crippen LogP contribution in [0.4, 0.5) is 0 Å². The van der Waals surface area contributed by atoms with Crippen molar-refractivity contribution in [1.82, 2.24) is 6.97 Å². The first-order chi connectivity index (χ1) is 20.7. The molecule has 4 aliphatic heterocycles. The zero-order chi connectivity index (χ0) is 30.8. The van der Waals surface area contributed by atoms with Gasteiger partial charge in [0.2, 0.25) is 0 Å². The van der Waals surface area contributed by atoms with E-state index in [0.29, 0.717) is 0 Å². The van der Waals surface area contributed by atoms with Crippen molar-refractivity contribution in [3.63, 3.8) is 0 Å². The van der Waals surface area contributed by atoms with Crippen LogP contribution < -0.4 is 23.1 Å². The number of aromatic nitrogens is 2. The summed E-state index contributed by atoms with van der Waals surface area (Å²) in [6.45, 7) is 17.5. The third-order valence-electron chi connectivity index (χ3n) is 9.78. The second-order valence-corrected chi connectivity index (χ2v) is 15.6. The van der Waals surface area contributed by atoms with E-state index in [0.717, 1.165) is 96.3 Å². The Morgan fingerprint density at radius 1 is 0.500 bits per heavy atom. The molecule has 6 nitrogen and oxygen atoms in total. The topological polar surface area (TPSA) is 75.0 Å². The molecule has 2 aromatic heterocycles. The van der Waals surface area contributed by atoms with E-state index in [2.05, 4.69) is 79.7 Å². The molecule has 0 amide bonds. The number of hydrogen-bond donors (Lipinski definition) is 2. The third-order valence-corrected chi connectivity index (χ3v) is 13.8. The maximum atomic E-state index is 12.9. The van der Waals surface area contributed by atoms with Crippen LogP contribution in [0.2, 0.25) is 0 Å². The molecule has 0 saturated heterocycles. The van der Waals surface area contributed by atoms with Crippen molar-refractivity contribution >= 4 is 50.4 Å². The maximum Gasteiger partial charge on any atom is -1.00 e. The Morgan fingerprint density at radius 2 is 0.864 bits per heavy atom. The fourth-order valence-electron chi connectivity index (χ4n) is 7.95. The van der Waals surface area contributed by atoms with Crippen molar-refractivity contribution in [1.29, 1.82) is 0 Å². The monoisotopic (exact) mass is 676 g/mol. The van der Waals surface area contributed by atoms with E-state index in [-0.39, 0.29) is 12.4 Å². The summed E-state index contributed by atoms with van der Waals surface area (Å²) in [5, 5.41) is 1.77. The molecule has 6 bridgehead atoms. The SMILES string of the molecule is CCC1=C(CC)C2=NC1=Cc1c(CC)c(CC)c3n1[As+](O)(O)n1c(c(CC)c(CC)c1=CC1=NC(=C3)C(CC)=C1CC)=C2.[Cl-]. The minimum Gasteiger partial charge on any atom is -1.00 e. The molecule has 0 radical (unpaired) electrons. The molecule has 2 aromatic rings. The van der Waals surface area contributed by atoms with Gasteiger partial charge in [-0.2, -0.15) is 0 Å². The van der Waals surface area contributed by atoms with Gasteiger partial charge in [0.1, 0.15) is 0 Å². The van der Waals surface area contributed by atoms with Gasteiger partial charge >= 0.3 is 260 Å². The molecular formula is C36H46AsClN4O2. The molecule has 4 aliphatic rings. The zero-order valence-electron chi connectivity index (χ0n) is 27.5. The third kappa shape index (κ3) is 4.51. The molecule has 2 N–H and O–H groups in total. The van der Waals surface area contributed by atoms with Crippen molar-refractivity contribution in [3.8, 4) is 0 Å². The van der Waals surface area contributed by atoms with Crippen LogP contribution in [0, 0.1) is 0 Å². The Hall–Kier alpha value is -2.63. The summed E-state index contributed by atoms with van der Waals surface area (Å²) < 4.78 is 29.7. The number of nitrogens with zero attached hydrogens (tertiary/aromatic N) is 4. The molecule has 44 heavy (non-hydrogen) atoms. The van der Waals surface area contributed by atoms with Gasteiger partial charge in [-0.15, -0.1) is 0 Å². The van der Waals surface area contributed by atoms with Crippen molar-refractivity contribution in [2.75, 3.05) is 0 Å². The summed E-state index contributed by atoms with van der Waals surface area (Å²) in [6.07, 6.45) is 15.3. The quantitative estimate of drug-likeness (QED) is 0.423. The Bertz CT molecular complexity index is 1750. The van der Waals surface area contributed by atoms with Gasteiger partial charge in [-0.05, 0) is 0 Å². The molecule has 0 aliphatic carbocycles. The van der Waals surface area contributed by atoms with Crippen LogP contribution in [0.25, 0.3) is 24.3 Å². The number of allylic oxidation sites excluding steroid dienone is 4. The predicted octanol–water partition coefficient (Wildman–Crippen LogP) is 2.77. The zero-order valence-corrected chi connectivity index (χ0v) is 30.1. The van der Waals surface area contributed by atoms with Gasteiger partial charge in [-0.3, -0.25) is 0 Å². The first kappa shape index (κ1) is 32.8. The molecule has 8 heteroatoms. The first-order valence-electron chi connectivity index (χ1n) is 16.4. The van der Waals surface area contributed by atoms with E-state index in [1.54, 1.807) is 0 Å². The average molecular weight is 677 g/mol. The molecule has 6 heterocycles. The summed E-state index contributed by atoms with van der Waals surface area (Å²) in [5.74, 6) is 0. The second kappa shape index (κ2) is 12.3. The van der Waals surface area contributed by atoms with Crippen LogP contribution in [0.15, 0.2) is 43.7 Å². The maximum absolute atomic E-state index is 12.9. The first-order valence-corrected chi connectivity index (χ1v) is 19.7. The molecule has 0 saturated carbocycles. The van der Waals surface area contributed by atoms with Gasteiger partial charge in [0.05, 0.1) is 0 Å². The fraction of sp³-hybridized carbons (Fsp3) is 0.444. The van der Waals surface area contributed by atoms with E-state index in [4.69, 9.17) is 9.98 Å². The van der Waals surface area contributed by atoms with Crippen molar-refractivity contribution in [2.45, 2.75) is 107 Å². The smallest absolute Gasteiger partial charge is 1.00 e. The van der Waals surface area contributed by atoms with Crippen LogP contribution in [0.5, 0.6) is 0 Å². The second-order valence-electron chi connectivity index (χ2n) is 11.7. The van der Waals surface area contributed by atoms with Gasteiger partial charge in [0.15, 0.2) is 0 Å². The largest absolute Gasteiger partial charge is 1.00 e. The van der Waals surface area contributed by atoms with Crippen LogP contribution in [0.1, 0.15) is 115 Å². The minimum absolute atomic E-state index is 0. The average Bonchev–Trinajstić information content (AvgIpc) is 3.69. The predicted molar refractivity (Wildman–Crippen MR) is 182 cm³/mol. The van der Waals surface area contributed by atoms with Crippen LogP contribution in [-0.4, -0.2) is 41.3 Å². The molecule has 0 atom stereocenters. The number of fused-ring (bicyclic) bond motifs is 2. The number of aliphatic imine (C=N–C) groups is 2. The van der Waals surface area contributed by atoms with E-state index >= 15 is 0 Å². The van der Waals surface area contributed by atoms with E-state index in [1.165, 1.54) is 44.5 Å². The van der Waals surface area contributed by atoms with Crippen LogP contribution >= 0.6 is 0 Å². The van der Waals surface area contributed by atoms with Gasteiger partial charge in [-0.25, -0.2) is 0 Å². The van der Waals surface area contributed by atoms with Gasteiger partial charge in [0.25, 0.3) is 0 Å². The van der Waals surface area contributed by atoms with Crippen LogP contribution in [-0.2, 0) is 25.7 Å². The molecule has 0 aromatic carbocycles. The van der Waals surface area contributed by atoms with Gasteiger partial charge in [0, 0.05) is 0 Å². The Morgan fingerprint density at radius 3 is 1.18 bits per heavy atom.